The number of piperazine rings is 1. The quantitative estimate of drug-likeness (QED) is 0.272. The summed E-state index contributed by atoms with van der Waals surface area (Å²) in [5.74, 6) is -1.52. The molecule has 4 saturated heterocycles. The predicted octanol–water partition coefficient (Wildman–Crippen LogP) is 4.02. The maximum Gasteiger partial charge on any atom is 0.262 e. The highest BCUT2D eigenvalue weighted by molar-refractivity contribution is 6.23. The van der Waals surface area contributed by atoms with Crippen molar-refractivity contribution in [1.29, 1.82) is 0 Å². The van der Waals surface area contributed by atoms with Crippen molar-refractivity contribution in [1.82, 2.24) is 29.8 Å². The minimum Gasteiger partial charge on any atom is -0.376 e. The molecule has 5 heterocycles. The Morgan fingerprint density at radius 1 is 0.778 bits per heavy atom. The number of carbonyl (C=O) groups excluding carboxylic acids is 6. The third-order valence-electron chi connectivity index (χ3n) is 14.5. The van der Waals surface area contributed by atoms with E-state index in [-0.39, 0.29) is 54.2 Å². The van der Waals surface area contributed by atoms with Crippen LogP contribution in [-0.2, 0) is 25.6 Å². The Bertz CT molecular complexity index is 2290. The van der Waals surface area contributed by atoms with Gasteiger partial charge < -0.3 is 24.9 Å². The largest absolute Gasteiger partial charge is 0.376 e. The molecule has 4 atom stereocenters. The normalized spacial score (nSPS) is 24.3. The number of rotatable bonds is 11. The maximum absolute atomic E-state index is 15.0. The summed E-state index contributed by atoms with van der Waals surface area (Å²) in [4.78, 5) is 88.6. The molecule has 6 aliphatic rings. The molecule has 332 valence electrons. The number of aryl methyl sites for hydroxylation is 1. The maximum atomic E-state index is 15.0. The van der Waals surface area contributed by atoms with E-state index in [1.807, 2.05) is 15.9 Å². The van der Waals surface area contributed by atoms with Gasteiger partial charge in [0.1, 0.15) is 11.9 Å². The number of nitrogens with one attached hydrogen (secondary N) is 2. The van der Waals surface area contributed by atoms with Crippen LogP contribution in [0.15, 0.2) is 60.7 Å². The fraction of sp³-hybridized carbons (Fsp3) is 0.500. The Morgan fingerprint density at radius 3 is 2.22 bits per heavy atom. The Balaban J connectivity index is 0.694. The molecule has 0 bridgehead atoms. The smallest absolute Gasteiger partial charge is 0.262 e. The first-order chi connectivity index (χ1) is 30.4. The number of hydrogen-bond donors (Lipinski definition) is 2. The molecule has 3 aromatic rings. The average molecular weight is 861 g/mol. The van der Waals surface area contributed by atoms with Gasteiger partial charge in [-0.1, -0.05) is 24.3 Å². The van der Waals surface area contributed by atoms with Crippen molar-refractivity contribution in [3.05, 3.63) is 94.3 Å². The molecule has 1 aliphatic carbocycles. The highest BCUT2D eigenvalue weighted by atomic mass is 19.1. The fourth-order valence-electron chi connectivity index (χ4n) is 10.9. The van der Waals surface area contributed by atoms with Gasteiger partial charge in [0, 0.05) is 100 Å². The molecule has 0 aromatic heterocycles. The number of likely N-dealkylation sites (tertiary alicyclic amines) is 2. The standard InChI is InChI=1S/C48H57FN8O6/c1-52(2)41-29-56(39-14-9-32-4-3-5-38(49)45(32)39)28-37(41)31-7-11-34(12-8-31)53-22-24-55(25-23-53)43(59)17-6-30-18-20-54(21-19-30)44(60)27-50-33-10-13-35-36(26-33)48(63)57(47(35)62)40-15-16-42(58)51-46(40)61/h3-5,7-8,10-13,26,30,37,39-41,50H,6,9,14-25,27-29H2,1-2H3,(H,51,58,61)/t37-,39?,40?,41+/m1/s1. The van der Waals surface area contributed by atoms with Crippen molar-refractivity contribution in [3.63, 3.8) is 0 Å². The second-order valence-electron chi connectivity index (χ2n) is 18.3. The predicted molar refractivity (Wildman–Crippen MR) is 235 cm³/mol. The number of piperidine rings is 2. The van der Waals surface area contributed by atoms with Crippen molar-refractivity contribution < 1.29 is 33.2 Å². The lowest BCUT2D eigenvalue weighted by Crippen LogP contribution is -2.54. The van der Waals surface area contributed by atoms with E-state index >= 15 is 0 Å². The topological polar surface area (TPSA) is 146 Å². The molecule has 63 heavy (non-hydrogen) atoms. The molecule has 4 fully saturated rings. The van der Waals surface area contributed by atoms with Gasteiger partial charge in [-0.25, -0.2) is 4.39 Å². The van der Waals surface area contributed by atoms with Crippen LogP contribution in [0.5, 0.6) is 0 Å². The van der Waals surface area contributed by atoms with Crippen LogP contribution in [0.1, 0.15) is 94.3 Å². The van der Waals surface area contributed by atoms with Gasteiger partial charge in [-0.05, 0) is 106 Å². The first-order valence-electron chi connectivity index (χ1n) is 22.6. The van der Waals surface area contributed by atoms with Gasteiger partial charge in [-0.2, -0.15) is 0 Å². The molecule has 2 N–H and O–H groups in total. The Kier molecular flexibility index (Phi) is 12.1. The lowest BCUT2D eigenvalue weighted by molar-refractivity contribution is -0.136. The monoisotopic (exact) mass is 860 g/mol. The van der Waals surface area contributed by atoms with E-state index in [9.17, 15) is 33.2 Å². The van der Waals surface area contributed by atoms with Gasteiger partial charge in [0.05, 0.1) is 17.7 Å². The van der Waals surface area contributed by atoms with Crippen molar-refractivity contribution in [2.45, 2.75) is 75.4 Å². The highest BCUT2D eigenvalue weighted by Crippen LogP contribution is 2.43. The molecule has 5 aliphatic heterocycles. The third kappa shape index (κ3) is 8.57. The van der Waals surface area contributed by atoms with Crippen LogP contribution in [0.2, 0.25) is 0 Å². The minimum absolute atomic E-state index is 0.0205. The van der Waals surface area contributed by atoms with Crippen LogP contribution in [0, 0.1) is 11.7 Å². The first kappa shape index (κ1) is 42.6. The number of imide groups is 2. The van der Waals surface area contributed by atoms with E-state index < -0.39 is 29.7 Å². The number of benzene rings is 3. The van der Waals surface area contributed by atoms with Crippen molar-refractivity contribution >= 4 is 46.8 Å². The third-order valence-corrected chi connectivity index (χ3v) is 14.5. The van der Waals surface area contributed by atoms with E-state index in [0.29, 0.717) is 56.2 Å². The van der Waals surface area contributed by atoms with Crippen LogP contribution in [0.4, 0.5) is 15.8 Å². The van der Waals surface area contributed by atoms with E-state index in [2.05, 4.69) is 69.8 Å². The Morgan fingerprint density at radius 2 is 1.49 bits per heavy atom. The zero-order chi connectivity index (χ0) is 43.9. The molecule has 0 saturated carbocycles. The van der Waals surface area contributed by atoms with Crippen molar-refractivity contribution in [3.8, 4) is 0 Å². The molecule has 3 aromatic carbocycles. The van der Waals surface area contributed by atoms with Crippen LogP contribution in [0.3, 0.4) is 0 Å². The zero-order valence-electron chi connectivity index (χ0n) is 36.2. The summed E-state index contributed by atoms with van der Waals surface area (Å²) < 4.78 is 15.0. The van der Waals surface area contributed by atoms with Gasteiger partial charge in [-0.15, -0.1) is 0 Å². The SMILES string of the molecule is CN(C)[C@H]1CN(C2CCc3cccc(F)c32)C[C@@H]1c1ccc(N2CCN(C(=O)CCC3CCN(C(=O)CNc4ccc5c(c4)C(=O)N(C4CCC(=O)NC4=O)C5=O)CC3)CC2)cc1. The summed E-state index contributed by atoms with van der Waals surface area (Å²) in [7, 11) is 4.29. The molecule has 15 heteroatoms. The van der Waals surface area contributed by atoms with Crippen molar-refractivity contribution in [2.24, 2.45) is 5.92 Å². The van der Waals surface area contributed by atoms with Gasteiger partial charge in [0.15, 0.2) is 0 Å². The lowest BCUT2D eigenvalue weighted by atomic mass is 9.92. The number of carbonyl (C=O) groups is 6. The molecule has 6 amide bonds. The minimum atomic E-state index is -1.04. The summed E-state index contributed by atoms with van der Waals surface area (Å²) >= 11 is 0. The van der Waals surface area contributed by atoms with Gasteiger partial charge in [0.2, 0.25) is 23.6 Å². The second-order valence-corrected chi connectivity index (χ2v) is 18.3. The van der Waals surface area contributed by atoms with Crippen LogP contribution in [0.25, 0.3) is 0 Å². The highest BCUT2D eigenvalue weighted by Gasteiger charge is 2.45. The lowest BCUT2D eigenvalue weighted by Gasteiger charge is -2.37. The summed E-state index contributed by atoms with van der Waals surface area (Å²) in [5.41, 5.74) is 5.37. The van der Waals surface area contributed by atoms with Gasteiger partial charge in [0.25, 0.3) is 11.8 Å². The average Bonchev–Trinajstić information content (AvgIpc) is 4.00. The number of likely N-dealkylation sites (N-methyl/N-ethyl adjacent to an activating group) is 1. The number of fused-ring (bicyclic) bond motifs is 2. The van der Waals surface area contributed by atoms with Gasteiger partial charge in [-0.3, -0.25) is 43.9 Å². The van der Waals surface area contributed by atoms with Crippen molar-refractivity contribution in [2.75, 3.05) is 83.2 Å². The molecule has 0 radical (unpaired) electrons. The summed E-state index contributed by atoms with van der Waals surface area (Å²) in [6.07, 6.45) is 4.98. The number of hydrogen-bond acceptors (Lipinski definition) is 10. The zero-order valence-corrected chi connectivity index (χ0v) is 36.2. The molecule has 2 unspecified atom stereocenters. The van der Waals surface area contributed by atoms with E-state index in [1.54, 1.807) is 12.1 Å². The van der Waals surface area contributed by atoms with Crippen LogP contribution in [-0.4, -0.2) is 145 Å². The van der Waals surface area contributed by atoms with E-state index in [1.165, 1.54) is 23.4 Å². The number of halogens is 1. The second kappa shape index (κ2) is 17.8. The molecular formula is C48H57FN8O6. The number of anilines is 2. The Hall–Kier alpha value is -5.67. The first-order valence-corrected chi connectivity index (χ1v) is 22.6. The van der Waals surface area contributed by atoms with E-state index in [4.69, 9.17) is 0 Å². The summed E-state index contributed by atoms with van der Waals surface area (Å²) in [6, 6.07) is 18.6. The summed E-state index contributed by atoms with van der Waals surface area (Å²) in [5, 5.41) is 5.28. The van der Waals surface area contributed by atoms with Crippen LogP contribution >= 0.6 is 0 Å². The molecular weight excluding hydrogens is 804 g/mol. The fourth-order valence-corrected chi connectivity index (χ4v) is 10.9. The number of nitrogens with zero attached hydrogens (tertiary/aromatic N) is 6. The van der Waals surface area contributed by atoms with E-state index in [0.717, 1.165) is 74.3 Å². The van der Waals surface area contributed by atoms with Crippen LogP contribution < -0.4 is 15.5 Å². The Labute approximate surface area is 367 Å². The summed E-state index contributed by atoms with van der Waals surface area (Å²) in [6.45, 7) is 6.00. The molecule has 9 rings (SSSR count). The molecule has 0 spiro atoms. The van der Waals surface area contributed by atoms with Gasteiger partial charge >= 0.3 is 0 Å². The molecule has 14 nitrogen and oxygen atoms in total. The number of amides is 6.